The summed E-state index contributed by atoms with van der Waals surface area (Å²) in [5.74, 6) is 0.794. The lowest BCUT2D eigenvalue weighted by atomic mass is 10.0. The van der Waals surface area contributed by atoms with Gasteiger partial charge >= 0.3 is 0 Å². The standard InChI is InChI=1S/C18H20O3/c1-3-13(2)12-21-15-9-10-16(17(19)11-15)18(20)14-7-5-4-6-8-14/h4-11,13,19H,3,12H2,1-2H3. The van der Waals surface area contributed by atoms with Crippen molar-refractivity contribution < 1.29 is 14.6 Å². The molecule has 1 unspecified atom stereocenters. The highest BCUT2D eigenvalue weighted by Gasteiger charge is 2.14. The summed E-state index contributed by atoms with van der Waals surface area (Å²) >= 11 is 0. The molecular weight excluding hydrogens is 264 g/mol. The van der Waals surface area contributed by atoms with Gasteiger partial charge in [0.15, 0.2) is 5.78 Å². The van der Waals surface area contributed by atoms with E-state index in [1.54, 1.807) is 36.4 Å². The van der Waals surface area contributed by atoms with Gasteiger partial charge in [0.2, 0.25) is 0 Å². The maximum absolute atomic E-state index is 12.3. The Balaban J connectivity index is 2.14. The van der Waals surface area contributed by atoms with Crippen LogP contribution in [-0.2, 0) is 0 Å². The number of hydrogen-bond acceptors (Lipinski definition) is 3. The Morgan fingerprint density at radius 3 is 2.52 bits per heavy atom. The van der Waals surface area contributed by atoms with Crippen molar-refractivity contribution in [1.82, 2.24) is 0 Å². The van der Waals surface area contributed by atoms with Crippen LogP contribution in [-0.4, -0.2) is 17.5 Å². The number of aromatic hydroxyl groups is 1. The number of hydrogen-bond donors (Lipinski definition) is 1. The first-order valence-corrected chi connectivity index (χ1v) is 7.17. The molecule has 0 saturated heterocycles. The van der Waals surface area contributed by atoms with Crippen LogP contribution in [0.15, 0.2) is 48.5 Å². The minimum Gasteiger partial charge on any atom is -0.507 e. The van der Waals surface area contributed by atoms with E-state index >= 15 is 0 Å². The minimum atomic E-state index is -0.193. The van der Waals surface area contributed by atoms with Crippen LogP contribution in [0.1, 0.15) is 36.2 Å². The van der Waals surface area contributed by atoms with Gasteiger partial charge in [0, 0.05) is 11.6 Å². The Morgan fingerprint density at radius 2 is 1.90 bits per heavy atom. The molecule has 0 aliphatic carbocycles. The second-order valence-electron chi connectivity index (χ2n) is 5.20. The summed E-state index contributed by atoms with van der Waals surface area (Å²) in [5.41, 5.74) is 0.846. The van der Waals surface area contributed by atoms with Crippen LogP contribution in [0.3, 0.4) is 0 Å². The average Bonchev–Trinajstić information content (AvgIpc) is 2.53. The molecule has 0 heterocycles. The van der Waals surface area contributed by atoms with Gasteiger partial charge in [0.25, 0.3) is 0 Å². The zero-order valence-corrected chi connectivity index (χ0v) is 12.4. The fraction of sp³-hybridized carbons (Fsp3) is 0.278. The molecule has 0 radical (unpaired) electrons. The van der Waals surface area contributed by atoms with Crippen LogP contribution in [0, 0.1) is 5.92 Å². The number of phenolic OH excluding ortho intramolecular Hbond substituents is 1. The molecule has 21 heavy (non-hydrogen) atoms. The van der Waals surface area contributed by atoms with Gasteiger partial charge in [-0.3, -0.25) is 4.79 Å². The lowest BCUT2D eigenvalue weighted by molar-refractivity contribution is 0.103. The van der Waals surface area contributed by atoms with E-state index in [-0.39, 0.29) is 17.1 Å². The van der Waals surface area contributed by atoms with E-state index in [9.17, 15) is 9.90 Å². The van der Waals surface area contributed by atoms with Crippen LogP contribution < -0.4 is 4.74 Å². The van der Waals surface area contributed by atoms with E-state index in [4.69, 9.17) is 4.74 Å². The van der Waals surface area contributed by atoms with Crippen LogP contribution in [0.2, 0.25) is 0 Å². The molecule has 110 valence electrons. The molecule has 0 spiro atoms. The van der Waals surface area contributed by atoms with E-state index in [2.05, 4.69) is 13.8 Å². The Kier molecular flexibility index (Phi) is 4.99. The lowest BCUT2D eigenvalue weighted by Crippen LogP contribution is -2.07. The summed E-state index contributed by atoms with van der Waals surface area (Å²) in [6, 6.07) is 13.7. The molecule has 0 fully saturated rings. The number of carbonyl (C=O) groups is 1. The predicted molar refractivity (Wildman–Crippen MR) is 82.9 cm³/mol. The first-order valence-electron chi connectivity index (χ1n) is 7.17. The highest BCUT2D eigenvalue weighted by Crippen LogP contribution is 2.26. The van der Waals surface area contributed by atoms with Gasteiger partial charge in [-0.05, 0) is 18.1 Å². The molecule has 3 nitrogen and oxygen atoms in total. The van der Waals surface area contributed by atoms with Gasteiger partial charge < -0.3 is 9.84 Å². The van der Waals surface area contributed by atoms with Crippen LogP contribution >= 0.6 is 0 Å². The quantitative estimate of drug-likeness (QED) is 0.814. The van der Waals surface area contributed by atoms with Gasteiger partial charge in [-0.25, -0.2) is 0 Å². The van der Waals surface area contributed by atoms with E-state index in [1.807, 2.05) is 6.07 Å². The third-order valence-electron chi connectivity index (χ3n) is 3.48. The molecule has 1 atom stereocenters. The van der Waals surface area contributed by atoms with Crippen molar-refractivity contribution in [2.45, 2.75) is 20.3 Å². The third-order valence-corrected chi connectivity index (χ3v) is 3.48. The topological polar surface area (TPSA) is 46.5 Å². The minimum absolute atomic E-state index is 0.0505. The van der Waals surface area contributed by atoms with E-state index < -0.39 is 0 Å². The first-order chi connectivity index (χ1) is 10.1. The first kappa shape index (κ1) is 15.1. The van der Waals surface area contributed by atoms with Crippen LogP contribution in [0.25, 0.3) is 0 Å². The number of rotatable bonds is 6. The number of ketones is 1. The molecule has 2 aromatic rings. The Labute approximate surface area is 125 Å². The van der Waals surface area contributed by atoms with Crippen molar-refractivity contribution in [2.75, 3.05) is 6.61 Å². The molecular formula is C18H20O3. The van der Waals surface area contributed by atoms with Gasteiger partial charge in [-0.2, -0.15) is 0 Å². The van der Waals surface area contributed by atoms with Crippen LogP contribution in [0.5, 0.6) is 11.5 Å². The van der Waals surface area contributed by atoms with Gasteiger partial charge in [-0.1, -0.05) is 50.6 Å². The summed E-state index contributed by atoms with van der Waals surface area (Å²) < 4.78 is 5.61. The second-order valence-corrected chi connectivity index (χ2v) is 5.20. The van der Waals surface area contributed by atoms with Gasteiger partial charge in [0.1, 0.15) is 11.5 Å². The maximum Gasteiger partial charge on any atom is 0.196 e. The lowest BCUT2D eigenvalue weighted by Gasteiger charge is -2.12. The van der Waals surface area contributed by atoms with Crippen molar-refractivity contribution in [1.29, 1.82) is 0 Å². The van der Waals surface area contributed by atoms with E-state index in [1.165, 1.54) is 6.07 Å². The molecule has 0 amide bonds. The van der Waals surface area contributed by atoms with E-state index in [0.29, 0.717) is 23.8 Å². The highest BCUT2D eigenvalue weighted by molar-refractivity contribution is 6.10. The Bertz CT molecular complexity index is 605. The van der Waals surface area contributed by atoms with Crippen molar-refractivity contribution in [2.24, 2.45) is 5.92 Å². The van der Waals surface area contributed by atoms with Crippen molar-refractivity contribution in [3.05, 3.63) is 59.7 Å². The third kappa shape index (κ3) is 3.85. The smallest absolute Gasteiger partial charge is 0.196 e. The van der Waals surface area contributed by atoms with Crippen molar-refractivity contribution in [3.63, 3.8) is 0 Å². The Morgan fingerprint density at radius 1 is 1.19 bits per heavy atom. The zero-order valence-electron chi connectivity index (χ0n) is 12.4. The summed E-state index contributed by atoms with van der Waals surface area (Å²) in [4.78, 5) is 12.3. The molecule has 3 heteroatoms. The fourth-order valence-corrected chi connectivity index (χ4v) is 1.89. The largest absolute Gasteiger partial charge is 0.507 e. The molecule has 0 aliphatic heterocycles. The number of benzene rings is 2. The molecule has 1 N–H and O–H groups in total. The summed E-state index contributed by atoms with van der Waals surface area (Å²) in [7, 11) is 0. The van der Waals surface area contributed by atoms with Crippen molar-refractivity contribution >= 4 is 5.78 Å². The monoisotopic (exact) mass is 284 g/mol. The predicted octanol–water partition coefficient (Wildman–Crippen LogP) is 4.05. The number of phenols is 1. The number of carbonyl (C=O) groups excluding carboxylic acids is 1. The molecule has 0 saturated carbocycles. The molecule has 0 aliphatic rings. The highest BCUT2D eigenvalue weighted by atomic mass is 16.5. The Hall–Kier alpha value is -2.29. The average molecular weight is 284 g/mol. The second kappa shape index (κ2) is 6.93. The summed E-state index contributed by atoms with van der Waals surface area (Å²) in [5, 5.41) is 10.0. The van der Waals surface area contributed by atoms with Gasteiger partial charge in [-0.15, -0.1) is 0 Å². The van der Waals surface area contributed by atoms with E-state index in [0.717, 1.165) is 6.42 Å². The maximum atomic E-state index is 12.3. The fourth-order valence-electron chi connectivity index (χ4n) is 1.89. The molecule has 2 aromatic carbocycles. The normalized spacial score (nSPS) is 11.9. The SMILES string of the molecule is CCC(C)COc1ccc(C(=O)c2ccccc2)c(O)c1. The summed E-state index contributed by atoms with van der Waals surface area (Å²) in [6.45, 7) is 4.81. The summed E-state index contributed by atoms with van der Waals surface area (Å²) in [6.07, 6.45) is 1.04. The van der Waals surface area contributed by atoms with Gasteiger partial charge in [0.05, 0.1) is 12.2 Å². The number of ether oxygens (including phenoxy) is 1. The van der Waals surface area contributed by atoms with Crippen LogP contribution in [0.4, 0.5) is 0 Å². The molecule has 0 bridgehead atoms. The molecule has 2 rings (SSSR count). The van der Waals surface area contributed by atoms with Crippen molar-refractivity contribution in [3.8, 4) is 11.5 Å². The molecule has 0 aromatic heterocycles. The zero-order chi connectivity index (χ0) is 15.2.